The first kappa shape index (κ1) is 10.6. The zero-order chi connectivity index (χ0) is 11.8. The highest BCUT2D eigenvalue weighted by Gasteiger charge is 2.43. The SMILES string of the molecule is COc1ccc(N2C[C@H]3CNC[C@@H]3C2=O)cc1. The van der Waals surface area contributed by atoms with E-state index in [1.807, 2.05) is 29.2 Å². The van der Waals surface area contributed by atoms with Crippen molar-refractivity contribution in [1.82, 2.24) is 5.32 Å². The van der Waals surface area contributed by atoms with Crippen LogP contribution in [0.25, 0.3) is 0 Å². The minimum absolute atomic E-state index is 0.178. The smallest absolute Gasteiger partial charge is 0.231 e. The van der Waals surface area contributed by atoms with Gasteiger partial charge in [-0.15, -0.1) is 0 Å². The second-order valence-corrected chi connectivity index (χ2v) is 4.67. The second-order valence-electron chi connectivity index (χ2n) is 4.67. The van der Waals surface area contributed by atoms with E-state index in [9.17, 15) is 4.79 Å². The zero-order valence-corrected chi connectivity index (χ0v) is 9.85. The number of ether oxygens (including phenoxy) is 1. The average Bonchev–Trinajstić information content (AvgIpc) is 2.93. The molecule has 0 spiro atoms. The van der Waals surface area contributed by atoms with E-state index in [0.717, 1.165) is 31.1 Å². The van der Waals surface area contributed by atoms with Crippen LogP contribution in [0.15, 0.2) is 24.3 Å². The van der Waals surface area contributed by atoms with Gasteiger partial charge in [-0.1, -0.05) is 0 Å². The van der Waals surface area contributed by atoms with E-state index in [1.54, 1.807) is 7.11 Å². The standard InChI is InChI=1S/C13H16N2O2/c1-17-11-4-2-10(3-5-11)15-8-9-6-14-7-12(9)13(15)16/h2-5,9,12,14H,6-8H2,1H3/t9-,12+/m1/s1. The molecule has 90 valence electrons. The largest absolute Gasteiger partial charge is 0.497 e. The quantitative estimate of drug-likeness (QED) is 0.823. The van der Waals surface area contributed by atoms with Gasteiger partial charge in [-0.05, 0) is 24.3 Å². The lowest BCUT2D eigenvalue weighted by atomic mass is 10.0. The summed E-state index contributed by atoms with van der Waals surface area (Å²) in [6.07, 6.45) is 0. The number of carbonyl (C=O) groups is 1. The lowest BCUT2D eigenvalue weighted by Crippen LogP contribution is -2.30. The molecule has 2 atom stereocenters. The molecule has 1 N–H and O–H groups in total. The summed E-state index contributed by atoms with van der Waals surface area (Å²) in [5.41, 5.74) is 0.977. The predicted molar refractivity (Wildman–Crippen MR) is 65.2 cm³/mol. The molecule has 2 saturated heterocycles. The number of benzene rings is 1. The fourth-order valence-corrected chi connectivity index (χ4v) is 2.73. The van der Waals surface area contributed by atoms with Crippen LogP contribution in [0.3, 0.4) is 0 Å². The molecule has 0 unspecified atom stereocenters. The maximum Gasteiger partial charge on any atom is 0.231 e. The van der Waals surface area contributed by atoms with E-state index >= 15 is 0 Å². The van der Waals surface area contributed by atoms with Gasteiger partial charge in [0.05, 0.1) is 13.0 Å². The lowest BCUT2D eigenvalue weighted by molar-refractivity contribution is -0.120. The summed E-state index contributed by atoms with van der Waals surface area (Å²) in [5.74, 6) is 1.73. The summed E-state index contributed by atoms with van der Waals surface area (Å²) in [4.78, 5) is 14.1. The van der Waals surface area contributed by atoms with Crippen molar-refractivity contribution in [2.75, 3.05) is 31.6 Å². The number of hydrogen-bond donors (Lipinski definition) is 1. The molecule has 0 aliphatic carbocycles. The molecule has 1 amide bonds. The fraction of sp³-hybridized carbons (Fsp3) is 0.462. The van der Waals surface area contributed by atoms with E-state index in [2.05, 4.69) is 5.32 Å². The molecule has 0 radical (unpaired) electrons. The van der Waals surface area contributed by atoms with Crippen LogP contribution >= 0.6 is 0 Å². The fourth-order valence-electron chi connectivity index (χ4n) is 2.73. The number of carbonyl (C=O) groups excluding carboxylic acids is 1. The molecule has 1 aromatic carbocycles. The van der Waals surface area contributed by atoms with E-state index in [4.69, 9.17) is 4.74 Å². The highest BCUT2D eigenvalue weighted by Crippen LogP contribution is 2.32. The molecule has 0 bridgehead atoms. The minimum atomic E-state index is 0.178. The van der Waals surface area contributed by atoms with Crippen LogP contribution in [0.5, 0.6) is 5.75 Å². The Hall–Kier alpha value is -1.55. The molecule has 17 heavy (non-hydrogen) atoms. The molecule has 2 fully saturated rings. The monoisotopic (exact) mass is 232 g/mol. The van der Waals surface area contributed by atoms with Crippen LogP contribution in [0.2, 0.25) is 0 Å². The van der Waals surface area contributed by atoms with Gasteiger partial charge in [0.1, 0.15) is 5.75 Å². The van der Waals surface area contributed by atoms with Crippen LogP contribution < -0.4 is 15.0 Å². The summed E-state index contributed by atoms with van der Waals surface area (Å²) >= 11 is 0. The van der Waals surface area contributed by atoms with Crippen LogP contribution in [0.1, 0.15) is 0 Å². The van der Waals surface area contributed by atoms with Crippen molar-refractivity contribution >= 4 is 11.6 Å². The summed E-state index contributed by atoms with van der Waals surface area (Å²) in [6.45, 7) is 2.63. The third kappa shape index (κ3) is 1.69. The molecule has 4 heteroatoms. The third-order valence-corrected chi connectivity index (χ3v) is 3.72. The highest BCUT2D eigenvalue weighted by atomic mass is 16.5. The first-order valence-corrected chi connectivity index (χ1v) is 5.96. The van der Waals surface area contributed by atoms with Crippen molar-refractivity contribution in [2.24, 2.45) is 11.8 Å². The Kier molecular flexibility index (Phi) is 2.52. The predicted octanol–water partition coefficient (Wildman–Crippen LogP) is 0.877. The third-order valence-electron chi connectivity index (χ3n) is 3.72. The Morgan fingerprint density at radius 3 is 2.71 bits per heavy atom. The van der Waals surface area contributed by atoms with Gasteiger partial charge in [-0.25, -0.2) is 0 Å². The molecule has 4 nitrogen and oxygen atoms in total. The first-order chi connectivity index (χ1) is 8.29. The van der Waals surface area contributed by atoms with Crippen molar-refractivity contribution in [1.29, 1.82) is 0 Å². The van der Waals surface area contributed by atoms with Gasteiger partial charge in [-0.3, -0.25) is 4.79 Å². The van der Waals surface area contributed by atoms with Gasteiger partial charge in [0.15, 0.2) is 0 Å². The molecule has 3 rings (SSSR count). The Morgan fingerprint density at radius 1 is 1.29 bits per heavy atom. The Labute approximate surface area is 101 Å². The number of methoxy groups -OCH3 is 1. The van der Waals surface area contributed by atoms with Crippen molar-refractivity contribution < 1.29 is 9.53 Å². The molecule has 2 heterocycles. The lowest BCUT2D eigenvalue weighted by Gasteiger charge is -2.18. The molecule has 0 aromatic heterocycles. The summed E-state index contributed by atoms with van der Waals surface area (Å²) in [7, 11) is 1.64. The summed E-state index contributed by atoms with van der Waals surface area (Å²) in [6, 6.07) is 7.69. The molecule has 0 saturated carbocycles. The maximum atomic E-state index is 12.2. The van der Waals surface area contributed by atoms with Crippen LogP contribution in [0, 0.1) is 11.8 Å². The zero-order valence-electron chi connectivity index (χ0n) is 9.85. The maximum absolute atomic E-state index is 12.2. The number of hydrogen-bond acceptors (Lipinski definition) is 3. The Morgan fingerprint density at radius 2 is 2.06 bits per heavy atom. The summed E-state index contributed by atoms with van der Waals surface area (Å²) < 4.78 is 5.12. The number of rotatable bonds is 2. The number of fused-ring (bicyclic) bond motifs is 1. The van der Waals surface area contributed by atoms with E-state index in [-0.39, 0.29) is 11.8 Å². The van der Waals surface area contributed by atoms with Gasteiger partial charge in [-0.2, -0.15) is 0 Å². The molecule has 2 aliphatic heterocycles. The number of nitrogens with zero attached hydrogens (tertiary/aromatic N) is 1. The van der Waals surface area contributed by atoms with E-state index in [1.165, 1.54) is 0 Å². The molecule has 2 aliphatic rings. The van der Waals surface area contributed by atoms with Gasteiger partial charge >= 0.3 is 0 Å². The Balaban J connectivity index is 1.82. The van der Waals surface area contributed by atoms with Gasteiger partial charge in [0.2, 0.25) is 5.91 Å². The topological polar surface area (TPSA) is 41.6 Å². The average molecular weight is 232 g/mol. The summed E-state index contributed by atoms with van der Waals surface area (Å²) in [5, 5.41) is 3.28. The minimum Gasteiger partial charge on any atom is -0.497 e. The van der Waals surface area contributed by atoms with E-state index in [0.29, 0.717) is 5.92 Å². The van der Waals surface area contributed by atoms with Crippen LogP contribution in [-0.2, 0) is 4.79 Å². The Bertz CT molecular complexity index is 430. The van der Waals surface area contributed by atoms with Crippen molar-refractivity contribution in [2.45, 2.75) is 0 Å². The van der Waals surface area contributed by atoms with Gasteiger partial charge < -0.3 is 15.0 Å². The number of anilines is 1. The molecule has 1 aromatic rings. The normalized spacial score (nSPS) is 27.4. The molecular formula is C13H16N2O2. The van der Waals surface area contributed by atoms with Crippen LogP contribution in [0.4, 0.5) is 5.69 Å². The van der Waals surface area contributed by atoms with Crippen LogP contribution in [-0.4, -0.2) is 32.7 Å². The van der Waals surface area contributed by atoms with Crippen molar-refractivity contribution in [3.8, 4) is 5.75 Å². The number of nitrogens with one attached hydrogen (secondary N) is 1. The van der Waals surface area contributed by atoms with Crippen molar-refractivity contribution in [3.05, 3.63) is 24.3 Å². The number of amides is 1. The second kappa shape index (κ2) is 4.04. The first-order valence-electron chi connectivity index (χ1n) is 5.96. The van der Waals surface area contributed by atoms with E-state index < -0.39 is 0 Å². The van der Waals surface area contributed by atoms with Gasteiger partial charge in [0, 0.05) is 31.2 Å². The highest BCUT2D eigenvalue weighted by molar-refractivity contribution is 5.98. The molecular weight excluding hydrogens is 216 g/mol. The van der Waals surface area contributed by atoms with Gasteiger partial charge in [0.25, 0.3) is 0 Å². The van der Waals surface area contributed by atoms with Crippen molar-refractivity contribution in [3.63, 3.8) is 0 Å².